The Labute approximate surface area is 222 Å². The number of nitrogens with zero attached hydrogens (tertiary/aromatic N) is 4. The van der Waals surface area contributed by atoms with E-state index in [9.17, 15) is 24.2 Å². The first-order valence-corrected chi connectivity index (χ1v) is 16.6. The van der Waals surface area contributed by atoms with Crippen molar-refractivity contribution in [2.75, 3.05) is 17.8 Å². The van der Waals surface area contributed by atoms with Crippen molar-refractivity contribution in [2.24, 2.45) is 17.8 Å². The van der Waals surface area contributed by atoms with E-state index in [1.807, 2.05) is 0 Å². The van der Waals surface area contributed by atoms with Crippen LogP contribution >= 0.6 is 26.7 Å². The topological polar surface area (TPSA) is 212 Å². The molecule has 3 heterocycles. The van der Waals surface area contributed by atoms with E-state index < -0.39 is 52.1 Å². The van der Waals surface area contributed by atoms with E-state index in [2.05, 4.69) is 25.4 Å². The molecule has 210 valence electrons. The number of halogens is 1. The van der Waals surface area contributed by atoms with Gasteiger partial charge in [-0.2, -0.15) is 9.97 Å². The number of hydrogen-bond acceptors (Lipinski definition) is 9. The van der Waals surface area contributed by atoms with E-state index in [0.29, 0.717) is 29.1 Å². The molecule has 4 bridgehead atoms. The molecule has 7 rings (SSSR count). The van der Waals surface area contributed by atoms with Gasteiger partial charge in [0, 0.05) is 12.1 Å². The SMILES string of the molecule is O=P(O)(O)CP(=O)(O)NCC1OC(n2cnc3c(NC45CC6CC(CC(C6)C4)C5)nc(Cl)nc32)C(O)C1O. The van der Waals surface area contributed by atoms with Gasteiger partial charge in [0.15, 0.2) is 23.2 Å². The van der Waals surface area contributed by atoms with Crippen molar-refractivity contribution in [3.63, 3.8) is 0 Å². The van der Waals surface area contributed by atoms with Crippen LogP contribution in [-0.4, -0.2) is 80.7 Å². The summed E-state index contributed by atoms with van der Waals surface area (Å²) in [6.45, 7) is -0.441. The molecule has 5 fully saturated rings. The van der Waals surface area contributed by atoms with E-state index in [1.54, 1.807) is 0 Å². The molecule has 17 heteroatoms. The predicted molar refractivity (Wildman–Crippen MR) is 136 cm³/mol. The smallest absolute Gasteiger partial charge is 0.336 e. The number of anilines is 1. The first-order valence-electron chi connectivity index (χ1n) is 12.6. The molecule has 2 aromatic heterocycles. The van der Waals surface area contributed by atoms with Crippen LogP contribution in [0.15, 0.2) is 6.33 Å². The van der Waals surface area contributed by atoms with Gasteiger partial charge in [-0.3, -0.25) is 13.7 Å². The molecule has 0 spiro atoms. The van der Waals surface area contributed by atoms with Crippen LogP contribution in [0.1, 0.15) is 44.8 Å². The molecule has 0 radical (unpaired) electrons. The Balaban J connectivity index is 1.23. The minimum atomic E-state index is -4.76. The molecule has 5 atom stereocenters. The molecule has 5 aliphatic rings. The van der Waals surface area contributed by atoms with Crippen molar-refractivity contribution in [2.45, 2.75) is 68.6 Å². The monoisotopic (exact) mass is 592 g/mol. The van der Waals surface area contributed by atoms with Crippen LogP contribution < -0.4 is 10.4 Å². The third-order valence-electron chi connectivity index (χ3n) is 8.34. The van der Waals surface area contributed by atoms with Crippen molar-refractivity contribution < 1.29 is 38.8 Å². The molecule has 0 amide bonds. The van der Waals surface area contributed by atoms with Crippen LogP contribution in [0.3, 0.4) is 0 Å². The maximum Gasteiger partial charge on any atom is 0.336 e. The second-order valence-corrected chi connectivity index (χ2v) is 15.9. The van der Waals surface area contributed by atoms with Crippen molar-refractivity contribution >= 4 is 43.7 Å². The number of fused-ring (bicyclic) bond motifs is 1. The lowest BCUT2D eigenvalue weighted by Crippen LogP contribution is -2.54. The van der Waals surface area contributed by atoms with Gasteiger partial charge in [0.2, 0.25) is 5.28 Å². The molecule has 38 heavy (non-hydrogen) atoms. The summed E-state index contributed by atoms with van der Waals surface area (Å²) in [4.78, 5) is 41.0. The molecular formula is C21H31ClN6O8P2. The Morgan fingerprint density at radius 2 is 1.68 bits per heavy atom. The van der Waals surface area contributed by atoms with Crippen LogP contribution in [0.2, 0.25) is 5.28 Å². The van der Waals surface area contributed by atoms with Crippen LogP contribution in [0.5, 0.6) is 0 Å². The number of aliphatic hydroxyl groups is 2. The minimum Gasteiger partial charge on any atom is -0.387 e. The van der Waals surface area contributed by atoms with Crippen LogP contribution in [-0.2, 0) is 13.9 Å². The fraction of sp³-hybridized carbons (Fsp3) is 0.762. The molecule has 2 aromatic rings. The first kappa shape index (κ1) is 27.0. The molecule has 7 N–H and O–H groups in total. The van der Waals surface area contributed by atoms with Crippen LogP contribution in [0, 0.1) is 17.8 Å². The average Bonchev–Trinajstić information content (AvgIpc) is 3.30. The van der Waals surface area contributed by atoms with Gasteiger partial charge in [-0.1, -0.05) is 0 Å². The van der Waals surface area contributed by atoms with Gasteiger partial charge in [-0.25, -0.2) is 10.1 Å². The van der Waals surface area contributed by atoms with Crippen molar-refractivity contribution in [3.05, 3.63) is 11.6 Å². The van der Waals surface area contributed by atoms with Crippen molar-refractivity contribution in [1.29, 1.82) is 0 Å². The zero-order valence-corrected chi connectivity index (χ0v) is 22.8. The number of hydrogen-bond donors (Lipinski definition) is 7. The summed E-state index contributed by atoms with van der Waals surface area (Å²) in [6, 6.07) is 0. The lowest BCUT2D eigenvalue weighted by Gasteiger charge is -2.57. The molecular weight excluding hydrogens is 562 g/mol. The summed E-state index contributed by atoms with van der Waals surface area (Å²) < 4.78 is 30.4. The number of aromatic nitrogens is 4. The van der Waals surface area contributed by atoms with Gasteiger partial charge in [-0.15, -0.1) is 0 Å². The Morgan fingerprint density at radius 3 is 2.29 bits per heavy atom. The molecule has 1 saturated heterocycles. The average molecular weight is 593 g/mol. The van der Waals surface area contributed by atoms with Gasteiger partial charge in [-0.05, 0) is 67.9 Å². The highest BCUT2D eigenvalue weighted by Gasteiger charge is 2.51. The Hall–Kier alpha value is -1.18. The van der Waals surface area contributed by atoms with E-state index in [-0.39, 0.29) is 16.5 Å². The zero-order chi connectivity index (χ0) is 27.0. The van der Waals surface area contributed by atoms with Crippen molar-refractivity contribution in [1.82, 2.24) is 24.6 Å². The highest BCUT2D eigenvalue weighted by atomic mass is 35.5. The highest BCUT2D eigenvalue weighted by molar-refractivity contribution is 7.71. The lowest BCUT2D eigenvalue weighted by atomic mass is 9.53. The normalized spacial score (nSPS) is 38.1. The lowest BCUT2D eigenvalue weighted by molar-refractivity contribution is -0.0331. The zero-order valence-electron chi connectivity index (χ0n) is 20.3. The second kappa shape index (κ2) is 9.44. The third-order valence-corrected chi connectivity index (χ3v) is 12.2. The molecule has 0 aromatic carbocycles. The first-order chi connectivity index (χ1) is 17.8. The minimum absolute atomic E-state index is 0.0172. The molecule has 4 saturated carbocycles. The summed E-state index contributed by atoms with van der Waals surface area (Å²) in [6.07, 6.45) is 3.25. The summed E-state index contributed by atoms with van der Waals surface area (Å²) in [7, 11) is -9.18. The van der Waals surface area contributed by atoms with E-state index in [4.69, 9.17) is 26.1 Å². The Kier molecular flexibility index (Phi) is 6.71. The quantitative estimate of drug-likeness (QED) is 0.171. The molecule has 1 aliphatic heterocycles. The number of nitrogens with one attached hydrogen (secondary N) is 2. The Bertz CT molecular complexity index is 1300. The molecule has 14 nitrogen and oxygen atoms in total. The van der Waals surface area contributed by atoms with Gasteiger partial charge in [0.25, 0.3) is 7.52 Å². The number of ether oxygens (including phenoxy) is 1. The van der Waals surface area contributed by atoms with Crippen LogP contribution in [0.4, 0.5) is 5.82 Å². The highest BCUT2D eigenvalue weighted by Crippen LogP contribution is 2.57. The van der Waals surface area contributed by atoms with E-state index in [0.717, 1.165) is 19.3 Å². The van der Waals surface area contributed by atoms with Gasteiger partial charge < -0.3 is 34.9 Å². The second-order valence-electron chi connectivity index (χ2n) is 11.4. The van der Waals surface area contributed by atoms with E-state index >= 15 is 0 Å². The fourth-order valence-corrected chi connectivity index (χ4v) is 10.4. The summed E-state index contributed by atoms with van der Waals surface area (Å²) in [5.41, 5.74) is 0.667. The molecule has 5 unspecified atom stereocenters. The maximum absolute atomic E-state index is 12.1. The maximum atomic E-state index is 12.1. The number of rotatable bonds is 8. The van der Waals surface area contributed by atoms with Crippen LogP contribution in [0.25, 0.3) is 11.2 Å². The third kappa shape index (κ3) is 5.16. The summed E-state index contributed by atoms with van der Waals surface area (Å²) in [5, 5.41) is 27.0. The summed E-state index contributed by atoms with van der Waals surface area (Å²) in [5.74, 6) is 1.37. The van der Waals surface area contributed by atoms with Gasteiger partial charge in [0.05, 0.1) is 6.33 Å². The number of aliphatic hydroxyl groups excluding tert-OH is 2. The Morgan fingerprint density at radius 1 is 1.05 bits per heavy atom. The van der Waals surface area contributed by atoms with E-state index in [1.165, 1.54) is 30.2 Å². The predicted octanol–water partition coefficient (Wildman–Crippen LogP) is 1.39. The standard InChI is InChI=1S/C21H31ClN6O8P2/c22-20-25-17(27-21-4-10-1-11(5-21)3-12(2-10)6-21)14-18(26-20)28(8-23-14)19-16(30)15(29)13(36-19)7-24-37(31,32)9-38(33,34)35/h8,10-13,15-16,19,29-30H,1-7,9H2,(H2,24,31,32)(H,25,26,27)(H2,33,34,35). The number of imidazole rings is 1. The largest absolute Gasteiger partial charge is 0.387 e. The van der Waals surface area contributed by atoms with Gasteiger partial charge >= 0.3 is 7.60 Å². The fourth-order valence-electron chi connectivity index (χ4n) is 7.34. The van der Waals surface area contributed by atoms with Crippen molar-refractivity contribution in [3.8, 4) is 0 Å². The molecule has 4 aliphatic carbocycles. The summed E-state index contributed by atoms with van der Waals surface area (Å²) >= 11 is 6.30. The van der Waals surface area contributed by atoms with Gasteiger partial charge in [0.1, 0.15) is 24.2 Å².